The molecular formula is C16H25ClN2O5. The zero-order valence-corrected chi connectivity index (χ0v) is 15.2. The Morgan fingerprint density at radius 3 is 2.42 bits per heavy atom. The van der Waals surface area contributed by atoms with Gasteiger partial charge in [-0.2, -0.15) is 0 Å². The highest BCUT2D eigenvalue weighted by Gasteiger charge is 2.28. The van der Waals surface area contributed by atoms with E-state index in [0.717, 1.165) is 5.56 Å². The average Bonchev–Trinajstić information content (AvgIpc) is 2.59. The van der Waals surface area contributed by atoms with E-state index < -0.39 is 0 Å². The highest BCUT2D eigenvalue weighted by Crippen LogP contribution is 2.34. The number of ether oxygens (including phenoxy) is 4. The van der Waals surface area contributed by atoms with Crippen molar-refractivity contribution in [2.45, 2.75) is 25.6 Å². The summed E-state index contributed by atoms with van der Waals surface area (Å²) in [5.74, 6) is 1.69. The van der Waals surface area contributed by atoms with Crippen LogP contribution in [0.25, 0.3) is 0 Å². The molecule has 0 aliphatic carbocycles. The fraction of sp³-hybridized carbons (Fsp3) is 0.562. The molecule has 0 saturated carbocycles. The first-order chi connectivity index (χ1) is 11.1. The number of methoxy groups -OCH3 is 3. The number of nitrogens with one attached hydrogen (secondary N) is 2. The Morgan fingerprint density at radius 1 is 1.21 bits per heavy atom. The fourth-order valence-electron chi connectivity index (χ4n) is 2.55. The lowest BCUT2D eigenvalue weighted by Crippen LogP contribution is -2.55. The normalized spacial score (nSPS) is 19.8. The molecule has 0 radical (unpaired) electrons. The van der Waals surface area contributed by atoms with Gasteiger partial charge in [-0.1, -0.05) is 0 Å². The Hall–Kier alpha value is -1.70. The molecular weight excluding hydrogens is 336 g/mol. The zero-order valence-electron chi connectivity index (χ0n) is 14.4. The molecule has 1 aromatic rings. The molecule has 2 N–H and O–H groups in total. The summed E-state index contributed by atoms with van der Waals surface area (Å²) in [5, 5.41) is 6.07. The van der Waals surface area contributed by atoms with Gasteiger partial charge in [-0.25, -0.2) is 0 Å². The number of hydrogen-bond donors (Lipinski definition) is 2. The van der Waals surface area contributed by atoms with Crippen molar-refractivity contribution in [1.29, 1.82) is 0 Å². The van der Waals surface area contributed by atoms with Crippen LogP contribution in [0.2, 0.25) is 0 Å². The van der Waals surface area contributed by atoms with Gasteiger partial charge in [-0.05, 0) is 13.0 Å². The number of carbonyl (C=O) groups excluding carboxylic acids is 1. The summed E-state index contributed by atoms with van der Waals surface area (Å²) in [6.45, 7) is 3.50. The lowest BCUT2D eigenvalue weighted by Gasteiger charge is -2.29. The molecule has 7 nitrogen and oxygen atoms in total. The van der Waals surface area contributed by atoms with Crippen molar-refractivity contribution in [2.75, 3.05) is 34.5 Å². The summed E-state index contributed by atoms with van der Waals surface area (Å²) in [5.41, 5.74) is 0.808. The van der Waals surface area contributed by atoms with Crippen LogP contribution >= 0.6 is 12.4 Å². The predicted octanol–water partition coefficient (Wildman–Crippen LogP) is 1.13. The standard InChI is InChI=1S/C16H24N2O5.ClH/c1-10-15(17-5-6-23-10)16(19)18-9-11-7-13(21-3)14(22-4)8-12(11)20-2;/h7-8,10,15,17H,5-6,9H2,1-4H3,(H,18,19);1H/t10-,15+;/m1./s1. The molecule has 1 fully saturated rings. The molecule has 1 amide bonds. The van der Waals surface area contributed by atoms with Crippen molar-refractivity contribution in [3.05, 3.63) is 17.7 Å². The lowest BCUT2D eigenvalue weighted by atomic mass is 10.1. The average molecular weight is 361 g/mol. The van der Waals surface area contributed by atoms with Gasteiger partial charge in [0.15, 0.2) is 11.5 Å². The van der Waals surface area contributed by atoms with Crippen LogP contribution in [0.1, 0.15) is 12.5 Å². The molecule has 0 aromatic heterocycles. The van der Waals surface area contributed by atoms with Gasteiger partial charge in [0.25, 0.3) is 0 Å². The second-order valence-corrected chi connectivity index (χ2v) is 5.24. The molecule has 1 aliphatic rings. The maximum atomic E-state index is 12.3. The van der Waals surface area contributed by atoms with E-state index in [0.29, 0.717) is 36.9 Å². The van der Waals surface area contributed by atoms with E-state index in [1.165, 1.54) is 0 Å². The van der Waals surface area contributed by atoms with Crippen molar-refractivity contribution >= 4 is 18.3 Å². The summed E-state index contributed by atoms with van der Waals surface area (Å²) in [7, 11) is 4.71. The van der Waals surface area contributed by atoms with Crippen LogP contribution in [-0.4, -0.2) is 52.5 Å². The molecule has 0 spiro atoms. The first-order valence-corrected chi connectivity index (χ1v) is 7.52. The molecule has 1 saturated heterocycles. The predicted molar refractivity (Wildman–Crippen MR) is 92.4 cm³/mol. The summed E-state index contributed by atoms with van der Waals surface area (Å²) < 4.78 is 21.4. The lowest BCUT2D eigenvalue weighted by molar-refractivity contribution is -0.129. The maximum Gasteiger partial charge on any atom is 0.240 e. The number of carbonyl (C=O) groups is 1. The molecule has 2 rings (SSSR count). The Kier molecular flexibility index (Phi) is 8.10. The summed E-state index contributed by atoms with van der Waals surface area (Å²) in [6, 6.07) is 3.19. The number of halogens is 1. The molecule has 0 unspecified atom stereocenters. The van der Waals surface area contributed by atoms with Crippen molar-refractivity contribution in [2.24, 2.45) is 0 Å². The number of amides is 1. The van der Waals surface area contributed by atoms with Gasteiger partial charge in [0.2, 0.25) is 5.91 Å². The Bertz CT molecular complexity index is 556. The molecule has 24 heavy (non-hydrogen) atoms. The van der Waals surface area contributed by atoms with Gasteiger partial charge in [0.1, 0.15) is 11.8 Å². The third-order valence-corrected chi connectivity index (χ3v) is 3.84. The fourth-order valence-corrected chi connectivity index (χ4v) is 2.55. The van der Waals surface area contributed by atoms with E-state index in [-0.39, 0.29) is 30.5 Å². The molecule has 136 valence electrons. The van der Waals surface area contributed by atoms with Crippen LogP contribution in [0.4, 0.5) is 0 Å². The Morgan fingerprint density at radius 2 is 1.83 bits per heavy atom. The molecule has 8 heteroatoms. The third kappa shape index (κ3) is 4.66. The SMILES string of the molecule is COc1cc(OC)c(OC)cc1CNC(=O)[C@H]1NCCO[C@@H]1C.Cl. The van der Waals surface area contributed by atoms with E-state index >= 15 is 0 Å². The molecule has 1 heterocycles. The van der Waals surface area contributed by atoms with Gasteiger partial charge >= 0.3 is 0 Å². The zero-order chi connectivity index (χ0) is 16.8. The van der Waals surface area contributed by atoms with Gasteiger partial charge in [0, 0.05) is 24.7 Å². The second kappa shape index (κ2) is 9.56. The molecule has 1 aliphatic heterocycles. The first kappa shape index (κ1) is 20.3. The van der Waals surface area contributed by atoms with Crippen LogP contribution < -0.4 is 24.8 Å². The largest absolute Gasteiger partial charge is 0.496 e. The summed E-state index contributed by atoms with van der Waals surface area (Å²) in [4.78, 5) is 12.3. The Balaban J connectivity index is 0.00000288. The minimum Gasteiger partial charge on any atom is -0.496 e. The van der Waals surface area contributed by atoms with E-state index in [1.54, 1.807) is 33.5 Å². The highest BCUT2D eigenvalue weighted by molar-refractivity contribution is 5.85. The highest BCUT2D eigenvalue weighted by atomic mass is 35.5. The van der Waals surface area contributed by atoms with Crippen molar-refractivity contribution in [3.63, 3.8) is 0 Å². The van der Waals surface area contributed by atoms with E-state index in [9.17, 15) is 4.79 Å². The molecule has 1 aromatic carbocycles. The minimum absolute atomic E-state index is 0. The quantitative estimate of drug-likeness (QED) is 0.791. The van der Waals surface area contributed by atoms with E-state index in [1.807, 2.05) is 6.92 Å². The van der Waals surface area contributed by atoms with Crippen LogP contribution in [0.15, 0.2) is 12.1 Å². The van der Waals surface area contributed by atoms with Gasteiger partial charge in [-0.15, -0.1) is 12.4 Å². The third-order valence-electron chi connectivity index (χ3n) is 3.84. The van der Waals surface area contributed by atoms with Crippen LogP contribution in [-0.2, 0) is 16.1 Å². The first-order valence-electron chi connectivity index (χ1n) is 7.52. The minimum atomic E-state index is -0.352. The summed E-state index contributed by atoms with van der Waals surface area (Å²) >= 11 is 0. The van der Waals surface area contributed by atoms with Gasteiger partial charge in [-0.3, -0.25) is 4.79 Å². The topological polar surface area (TPSA) is 78.0 Å². The number of morpholine rings is 1. The molecule has 0 bridgehead atoms. The number of rotatable bonds is 6. The monoisotopic (exact) mass is 360 g/mol. The van der Waals surface area contributed by atoms with Crippen molar-refractivity contribution in [3.8, 4) is 17.2 Å². The van der Waals surface area contributed by atoms with Crippen LogP contribution in [0.3, 0.4) is 0 Å². The summed E-state index contributed by atoms with van der Waals surface area (Å²) in [6.07, 6.45) is -0.156. The van der Waals surface area contributed by atoms with E-state index in [2.05, 4.69) is 10.6 Å². The number of benzene rings is 1. The van der Waals surface area contributed by atoms with Gasteiger partial charge < -0.3 is 29.6 Å². The smallest absolute Gasteiger partial charge is 0.240 e. The maximum absolute atomic E-state index is 12.3. The molecule has 2 atom stereocenters. The van der Waals surface area contributed by atoms with E-state index in [4.69, 9.17) is 18.9 Å². The van der Waals surface area contributed by atoms with Gasteiger partial charge in [0.05, 0.1) is 34.0 Å². The van der Waals surface area contributed by atoms with Crippen LogP contribution in [0, 0.1) is 0 Å². The van der Waals surface area contributed by atoms with Crippen LogP contribution in [0.5, 0.6) is 17.2 Å². The number of hydrogen-bond acceptors (Lipinski definition) is 6. The van der Waals surface area contributed by atoms with Crippen molar-refractivity contribution < 1.29 is 23.7 Å². The van der Waals surface area contributed by atoms with Crippen molar-refractivity contribution in [1.82, 2.24) is 10.6 Å². The Labute approximate surface area is 148 Å². The second-order valence-electron chi connectivity index (χ2n) is 5.24.